The molecule has 0 amide bonds. The van der Waals surface area contributed by atoms with Gasteiger partial charge in [-0.05, 0) is 34.8 Å². The molecule has 3 nitrogen and oxygen atoms in total. The van der Waals surface area contributed by atoms with E-state index in [2.05, 4.69) is 36.8 Å². The molecule has 1 saturated carbocycles. The van der Waals surface area contributed by atoms with Gasteiger partial charge in [-0.1, -0.05) is 47.0 Å². The first-order valence-electron chi connectivity index (χ1n) is 6.74. The largest absolute Gasteiger partial charge is 0.383 e. The van der Waals surface area contributed by atoms with E-state index in [1.165, 1.54) is 25.7 Å². The maximum atomic E-state index is 6.06. The van der Waals surface area contributed by atoms with E-state index < -0.39 is 0 Å². The number of hydrogen-bond acceptors (Lipinski definition) is 3. The van der Waals surface area contributed by atoms with Crippen molar-refractivity contribution in [3.05, 3.63) is 38.9 Å². The van der Waals surface area contributed by atoms with Gasteiger partial charge in [0.15, 0.2) is 5.82 Å². The van der Waals surface area contributed by atoms with Crippen molar-refractivity contribution in [3.63, 3.8) is 0 Å². The second-order valence-electron chi connectivity index (χ2n) is 5.09. The van der Waals surface area contributed by atoms with Crippen LogP contribution in [0.5, 0.6) is 0 Å². The van der Waals surface area contributed by atoms with Gasteiger partial charge in [0.05, 0.1) is 10.2 Å². The average molecular weight is 397 g/mol. The Bertz CT molecular complexity index is 637. The second kappa shape index (κ2) is 5.82. The maximum absolute atomic E-state index is 6.06. The van der Waals surface area contributed by atoms with Crippen molar-refractivity contribution in [1.82, 2.24) is 9.97 Å². The molecule has 1 fully saturated rings. The number of hydrogen-bond donors (Lipinski definition) is 1. The van der Waals surface area contributed by atoms with Crippen LogP contribution in [-0.4, -0.2) is 9.97 Å². The summed E-state index contributed by atoms with van der Waals surface area (Å²) in [6, 6.07) is 7.96. The highest BCUT2D eigenvalue weighted by Crippen LogP contribution is 2.39. The third-order valence-corrected chi connectivity index (χ3v) is 5.26. The molecule has 1 aromatic heterocycles. The van der Waals surface area contributed by atoms with Crippen LogP contribution in [0, 0.1) is 0 Å². The fourth-order valence-electron chi connectivity index (χ4n) is 2.72. The van der Waals surface area contributed by atoms with Crippen LogP contribution in [0.4, 0.5) is 5.82 Å². The zero-order valence-corrected chi connectivity index (χ0v) is 14.1. The summed E-state index contributed by atoms with van der Waals surface area (Å²) in [6.07, 6.45) is 4.91. The summed E-state index contributed by atoms with van der Waals surface area (Å²) in [5, 5.41) is 0. The topological polar surface area (TPSA) is 51.8 Å². The molecule has 0 spiro atoms. The van der Waals surface area contributed by atoms with E-state index in [0.29, 0.717) is 17.6 Å². The normalized spacial score (nSPS) is 15.7. The first kappa shape index (κ1) is 14.0. The van der Waals surface area contributed by atoms with Gasteiger partial charge in [0.25, 0.3) is 0 Å². The van der Waals surface area contributed by atoms with Crippen molar-refractivity contribution in [2.24, 2.45) is 0 Å². The van der Waals surface area contributed by atoms with E-state index in [4.69, 9.17) is 10.7 Å². The van der Waals surface area contributed by atoms with E-state index in [9.17, 15) is 0 Å². The van der Waals surface area contributed by atoms with Gasteiger partial charge in [-0.15, -0.1) is 0 Å². The van der Waals surface area contributed by atoms with Gasteiger partial charge in [0, 0.05) is 16.0 Å². The van der Waals surface area contributed by atoms with E-state index in [1.54, 1.807) is 0 Å². The lowest BCUT2D eigenvalue weighted by Crippen LogP contribution is -2.06. The molecule has 3 rings (SSSR count). The van der Waals surface area contributed by atoms with E-state index >= 15 is 0 Å². The predicted octanol–water partition coefficient (Wildman–Crippen LogP) is 4.91. The number of rotatable bonds is 2. The van der Waals surface area contributed by atoms with E-state index in [-0.39, 0.29) is 0 Å². The highest BCUT2D eigenvalue weighted by molar-refractivity contribution is 9.11. The molecule has 2 N–H and O–H groups in total. The molecule has 20 heavy (non-hydrogen) atoms. The molecule has 0 atom stereocenters. The summed E-state index contributed by atoms with van der Waals surface area (Å²) in [4.78, 5) is 9.20. The Labute approximate surface area is 135 Å². The Morgan fingerprint density at radius 3 is 2.45 bits per heavy atom. The predicted molar refractivity (Wildman–Crippen MR) is 88.5 cm³/mol. The Morgan fingerprint density at radius 1 is 1.05 bits per heavy atom. The third-order valence-electron chi connectivity index (χ3n) is 3.76. The number of benzene rings is 1. The van der Waals surface area contributed by atoms with Crippen LogP contribution < -0.4 is 5.73 Å². The first-order chi connectivity index (χ1) is 9.66. The summed E-state index contributed by atoms with van der Waals surface area (Å²) < 4.78 is 1.85. The standard InChI is InChI=1S/C15H15Br2N3/c16-11-8-4-3-7-10(11)15-19-13(9-5-1-2-6-9)12(17)14(18)20-15/h3-4,7-9H,1-2,5-6H2,(H2,18,19,20). The lowest BCUT2D eigenvalue weighted by Gasteiger charge is -2.14. The van der Waals surface area contributed by atoms with Crippen molar-refractivity contribution >= 4 is 37.7 Å². The summed E-state index contributed by atoms with van der Waals surface area (Å²) in [7, 11) is 0. The van der Waals surface area contributed by atoms with Gasteiger partial charge in [-0.2, -0.15) is 0 Å². The molecule has 1 aromatic carbocycles. The molecule has 1 aliphatic carbocycles. The minimum Gasteiger partial charge on any atom is -0.383 e. The molecule has 1 heterocycles. The quantitative estimate of drug-likeness (QED) is 0.784. The number of anilines is 1. The molecular formula is C15H15Br2N3. The number of nitrogens with two attached hydrogens (primary N) is 1. The monoisotopic (exact) mass is 395 g/mol. The van der Waals surface area contributed by atoms with Crippen molar-refractivity contribution in [2.45, 2.75) is 31.6 Å². The highest BCUT2D eigenvalue weighted by atomic mass is 79.9. The minimum atomic E-state index is 0.496. The van der Waals surface area contributed by atoms with Crippen molar-refractivity contribution < 1.29 is 0 Å². The summed E-state index contributed by atoms with van der Waals surface area (Å²) in [6.45, 7) is 0. The van der Waals surface area contributed by atoms with Crippen LogP contribution in [-0.2, 0) is 0 Å². The van der Waals surface area contributed by atoms with Crippen molar-refractivity contribution in [1.29, 1.82) is 0 Å². The summed E-state index contributed by atoms with van der Waals surface area (Å²) in [5.41, 5.74) is 8.10. The van der Waals surface area contributed by atoms with Crippen LogP contribution in [0.25, 0.3) is 11.4 Å². The summed E-state index contributed by atoms with van der Waals surface area (Å²) >= 11 is 7.11. The van der Waals surface area contributed by atoms with E-state index in [0.717, 1.165) is 20.2 Å². The molecule has 0 aliphatic heterocycles. The molecule has 0 radical (unpaired) electrons. The fourth-order valence-corrected chi connectivity index (χ4v) is 3.68. The van der Waals surface area contributed by atoms with Gasteiger partial charge >= 0.3 is 0 Å². The van der Waals surface area contributed by atoms with Crippen LogP contribution in [0.2, 0.25) is 0 Å². The Hall–Kier alpha value is -0.940. The molecule has 1 aliphatic rings. The SMILES string of the molecule is Nc1nc(-c2ccccc2Br)nc(C2CCCC2)c1Br. The van der Waals surface area contributed by atoms with Gasteiger partial charge in [0.2, 0.25) is 0 Å². The Morgan fingerprint density at radius 2 is 1.75 bits per heavy atom. The smallest absolute Gasteiger partial charge is 0.162 e. The van der Waals surface area contributed by atoms with E-state index in [1.807, 2.05) is 24.3 Å². The zero-order chi connectivity index (χ0) is 14.1. The number of aromatic nitrogens is 2. The lowest BCUT2D eigenvalue weighted by atomic mass is 10.0. The number of nitrogen functional groups attached to an aromatic ring is 1. The fraction of sp³-hybridized carbons (Fsp3) is 0.333. The highest BCUT2D eigenvalue weighted by Gasteiger charge is 2.23. The number of nitrogens with zero attached hydrogens (tertiary/aromatic N) is 2. The van der Waals surface area contributed by atoms with Gasteiger partial charge < -0.3 is 5.73 Å². The lowest BCUT2D eigenvalue weighted by molar-refractivity contribution is 0.691. The first-order valence-corrected chi connectivity index (χ1v) is 8.33. The van der Waals surface area contributed by atoms with Crippen molar-refractivity contribution in [3.8, 4) is 11.4 Å². The third kappa shape index (κ3) is 2.61. The molecule has 0 unspecified atom stereocenters. The Balaban J connectivity index is 2.11. The maximum Gasteiger partial charge on any atom is 0.162 e. The molecule has 5 heteroatoms. The minimum absolute atomic E-state index is 0.496. The molecule has 0 saturated heterocycles. The van der Waals surface area contributed by atoms with Gasteiger partial charge in [-0.3, -0.25) is 0 Å². The average Bonchev–Trinajstić information content (AvgIpc) is 2.96. The van der Waals surface area contributed by atoms with Gasteiger partial charge in [0.1, 0.15) is 5.82 Å². The van der Waals surface area contributed by atoms with Crippen LogP contribution in [0.15, 0.2) is 33.2 Å². The number of halogens is 2. The summed E-state index contributed by atoms with van der Waals surface area (Å²) in [5.74, 6) is 1.71. The second-order valence-corrected chi connectivity index (χ2v) is 6.74. The van der Waals surface area contributed by atoms with Crippen LogP contribution in [0.1, 0.15) is 37.3 Å². The Kier molecular flexibility index (Phi) is 4.08. The van der Waals surface area contributed by atoms with Gasteiger partial charge in [-0.25, -0.2) is 9.97 Å². The zero-order valence-electron chi connectivity index (χ0n) is 10.9. The molecule has 104 valence electrons. The van der Waals surface area contributed by atoms with Crippen molar-refractivity contribution in [2.75, 3.05) is 5.73 Å². The molecule has 2 aromatic rings. The molecule has 0 bridgehead atoms. The molecular weight excluding hydrogens is 382 g/mol. The van der Waals surface area contributed by atoms with Crippen LogP contribution >= 0.6 is 31.9 Å². The van der Waals surface area contributed by atoms with Crippen LogP contribution in [0.3, 0.4) is 0 Å².